The molecule has 1 aromatic rings. The fraction of sp³-hybridized carbons (Fsp3) is 0.636. The fourth-order valence-electron chi connectivity index (χ4n) is 1.91. The molecule has 5 nitrogen and oxygen atoms in total. The van der Waals surface area contributed by atoms with Crippen LogP contribution in [0.3, 0.4) is 0 Å². The predicted molar refractivity (Wildman–Crippen MR) is 59.1 cm³/mol. The van der Waals surface area contributed by atoms with E-state index in [1.807, 2.05) is 20.9 Å². The molecule has 88 valence electrons. The third-order valence-electron chi connectivity index (χ3n) is 3.38. The van der Waals surface area contributed by atoms with Gasteiger partial charge >= 0.3 is 0 Å². The van der Waals surface area contributed by atoms with Gasteiger partial charge < -0.3 is 10.0 Å². The van der Waals surface area contributed by atoms with Crippen LogP contribution in [0.25, 0.3) is 0 Å². The van der Waals surface area contributed by atoms with E-state index in [0.717, 1.165) is 5.69 Å². The van der Waals surface area contributed by atoms with Crippen molar-refractivity contribution in [3.8, 4) is 0 Å². The molecule has 0 bridgehead atoms. The number of aromatic nitrogens is 2. The van der Waals surface area contributed by atoms with Gasteiger partial charge in [-0.25, -0.2) is 0 Å². The zero-order valence-electron chi connectivity index (χ0n) is 9.90. The van der Waals surface area contributed by atoms with Crippen molar-refractivity contribution in [2.45, 2.75) is 25.9 Å². The molecule has 1 amide bonds. The molecular weight excluding hydrogens is 206 g/mol. The first-order chi connectivity index (χ1) is 7.47. The van der Waals surface area contributed by atoms with E-state index in [2.05, 4.69) is 5.10 Å². The monoisotopic (exact) mass is 223 g/mol. The van der Waals surface area contributed by atoms with Gasteiger partial charge in [-0.05, 0) is 13.3 Å². The maximum Gasteiger partial charge on any atom is 0.257 e. The molecule has 1 aliphatic heterocycles. The van der Waals surface area contributed by atoms with Crippen molar-refractivity contribution in [2.24, 2.45) is 7.05 Å². The molecular formula is C11H17N3O2. The molecule has 5 heteroatoms. The highest BCUT2D eigenvalue weighted by Crippen LogP contribution is 2.26. The Morgan fingerprint density at radius 2 is 2.25 bits per heavy atom. The van der Waals surface area contributed by atoms with Gasteiger partial charge in [0, 0.05) is 12.7 Å². The Balaban J connectivity index is 2.09. The molecule has 0 atom stereocenters. The van der Waals surface area contributed by atoms with Crippen molar-refractivity contribution in [3.63, 3.8) is 0 Å². The summed E-state index contributed by atoms with van der Waals surface area (Å²) in [5.41, 5.74) is 0.809. The van der Waals surface area contributed by atoms with Crippen LogP contribution in [0, 0.1) is 6.92 Å². The number of hydrogen-bond acceptors (Lipinski definition) is 3. The van der Waals surface area contributed by atoms with Gasteiger partial charge in [0.2, 0.25) is 0 Å². The minimum Gasteiger partial charge on any atom is -0.386 e. The Morgan fingerprint density at radius 3 is 2.69 bits per heavy atom. The number of carbonyl (C=O) groups is 1. The third-order valence-corrected chi connectivity index (χ3v) is 3.38. The molecule has 1 N–H and O–H groups in total. The Kier molecular flexibility index (Phi) is 2.50. The maximum atomic E-state index is 12.0. The van der Waals surface area contributed by atoms with E-state index in [4.69, 9.17) is 0 Å². The van der Waals surface area contributed by atoms with E-state index in [9.17, 15) is 9.90 Å². The number of β-amino-alcohol motifs (C(OH)–C–C–N with tert-alkyl or cyclic N) is 1. The molecule has 1 aliphatic rings. The van der Waals surface area contributed by atoms with Crippen LogP contribution in [-0.4, -0.2) is 44.4 Å². The van der Waals surface area contributed by atoms with E-state index in [-0.39, 0.29) is 5.91 Å². The zero-order valence-corrected chi connectivity index (χ0v) is 9.90. The van der Waals surface area contributed by atoms with Gasteiger partial charge in [-0.15, -0.1) is 0 Å². The third kappa shape index (κ3) is 1.61. The summed E-state index contributed by atoms with van der Waals surface area (Å²) < 4.78 is 1.68. The van der Waals surface area contributed by atoms with Crippen molar-refractivity contribution in [3.05, 3.63) is 17.5 Å². The van der Waals surface area contributed by atoms with E-state index in [0.29, 0.717) is 25.1 Å². The molecule has 0 spiro atoms. The highest BCUT2D eigenvalue weighted by molar-refractivity contribution is 5.95. The Labute approximate surface area is 94.7 Å². The van der Waals surface area contributed by atoms with Gasteiger partial charge in [-0.1, -0.05) is 6.92 Å². The van der Waals surface area contributed by atoms with Crippen molar-refractivity contribution < 1.29 is 9.90 Å². The van der Waals surface area contributed by atoms with Crippen molar-refractivity contribution in [1.82, 2.24) is 14.7 Å². The summed E-state index contributed by atoms with van der Waals surface area (Å²) in [6.07, 6.45) is 2.27. The van der Waals surface area contributed by atoms with Crippen LogP contribution in [0.5, 0.6) is 0 Å². The Morgan fingerprint density at radius 1 is 1.62 bits per heavy atom. The van der Waals surface area contributed by atoms with Gasteiger partial charge in [0.25, 0.3) is 5.91 Å². The second kappa shape index (κ2) is 3.59. The van der Waals surface area contributed by atoms with Gasteiger partial charge in [0.15, 0.2) is 0 Å². The topological polar surface area (TPSA) is 58.4 Å². The summed E-state index contributed by atoms with van der Waals surface area (Å²) >= 11 is 0. The molecule has 0 aromatic carbocycles. The quantitative estimate of drug-likeness (QED) is 0.785. The molecule has 2 rings (SSSR count). The smallest absolute Gasteiger partial charge is 0.257 e. The number of likely N-dealkylation sites (tertiary alicyclic amines) is 1. The minimum absolute atomic E-state index is 0.0382. The lowest BCUT2D eigenvalue weighted by atomic mass is 9.91. The van der Waals surface area contributed by atoms with Crippen LogP contribution < -0.4 is 0 Å². The second-order valence-electron chi connectivity index (χ2n) is 4.51. The first-order valence-electron chi connectivity index (χ1n) is 5.47. The summed E-state index contributed by atoms with van der Waals surface area (Å²) in [5, 5.41) is 13.9. The van der Waals surface area contributed by atoms with Crippen molar-refractivity contribution in [1.29, 1.82) is 0 Å². The summed E-state index contributed by atoms with van der Waals surface area (Å²) in [5.74, 6) is -0.0382. The number of nitrogens with zero attached hydrogens (tertiary/aromatic N) is 3. The Bertz CT molecular complexity index is 419. The molecule has 16 heavy (non-hydrogen) atoms. The average Bonchev–Trinajstić information content (AvgIpc) is 2.54. The standard InChI is InChI=1S/C11H17N3O2/c1-4-11(16)6-14(7-11)10(15)9-5-12-13(3)8(9)2/h5,16H,4,6-7H2,1-3H3. The number of hydrogen-bond donors (Lipinski definition) is 1. The van der Waals surface area contributed by atoms with E-state index >= 15 is 0 Å². The van der Waals surface area contributed by atoms with Crippen LogP contribution >= 0.6 is 0 Å². The van der Waals surface area contributed by atoms with Crippen LogP contribution in [0.15, 0.2) is 6.20 Å². The van der Waals surface area contributed by atoms with Crippen LogP contribution in [0.4, 0.5) is 0 Å². The van der Waals surface area contributed by atoms with Gasteiger partial charge in [-0.3, -0.25) is 9.48 Å². The molecule has 1 aromatic heterocycles. The highest BCUT2D eigenvalue weighted by atomic mass is 16.3. The summed E-state index contributed by atoms with van der Waals surface area (Å²) in [7, 11) is 1.81. The number of carbonyl (C=O) groups excluding carboxylic acids is 1. The number of rotatable bonds is 2. The summed E-state index contributed by atoms with van der Waals surface area (Å²) in [4.78, 5) is 13.7. The molecule has 0 saturated carbocycles. The Hall–Kier alpha value is -1.36. The molecule has 2 heterocycles. The lowest BCUT2D eigenvalue weighted by molar-refractivity contribution is -0.0826. The average molecular weight is 223 g/mol. The second-order valence-corrected chi connectivity index (χ2v) is 4.51. The van der Waals surface area contributed by atoms with Crippen LogP contribution in [0.1, 0.15) is 29.4 Å². The largest absolute Gasteiger partial charge is 0.386 e. The van der Waals surface area contributed by atoms with Gasteiger partial charge in [0.1, 0.15) is 0 Å². The zero-order chi connectivity index (χ0) is 11.9. The van der Waals surface area contributed by atoms with Crippen LogP contribution in [-0.2, 0) is 7.05 Å². The number of aryl methyl sites for hydroxylation is 1. The van der Waals surface area contributed by atoms with Crippen LogP contribution in [0.2, 0.25) is 0 Å². The highest BCUT2D eigenvalue weighted by Gasteiger charge is 2.42. The first-order valence-corrected chi connectivity index (χ1v) is 5.47. The van der Waals surface area contributed by atoms with Crippen molar-refractivity contribution >= 4 is 5.91 Å². The predicted octanol–water partition coefficient (Wildman–Crippen LogP) is 0.325. The van der Waals surface area contributed by atoms with Crippen molar-refractivity contribution in [2.75, 3.05) is 13.1 Å². The maximum absolute atomic E-state index is 12.0. The number of aliphatic hydroxyl groups is 1. The van der Waals surface area contributed by atoms with E-state index < -0.39 is 5.60 Å². The molecule has 1 fully saturated rings. The molecule has 0 radical (unpaired) electrons. The molecule has 0 unspecified atom stereocenters. The van der Waals surface area contributed by atoms with E-state index in [1.54, 1.807) is 15.8 Å². The fourth-order valence-corrected chi connectivity index (χ4v) is 1.91. The molecule has 1 saturated heterocycles. The number of amides is 1. The van der Waals surface area contributed by atoms with E-state index in [1.165, 1.54) is 0 Å². The normalized spacial score (nSPS) is 18.4. The first kappa shape index (κ1) is 11.1. The summed E-state index contributed by atoms with van der Waals surface area (Å²) in [6, 6.07) is 0. The van der Waals surface area contributed by atoms with Gasteiger partial charge in [0.05, 0.1) is 30.5 Å². The SMILES string of the molecule is CCC1(O)CN(C(=O)c2cnn(C)c2C)C1. The lowest BCUT2D eigenvalue weighted by Gasteiger charge is -2.46. The van der Waals surface area contributed by atoms with Gasteiger partial charge in [-0.2, -0.15) is 5.10 Å². The molecule has 0 aliphatic carbocycles. The minimum atomic E-state index is -0.675. The lowest BCUT2D eigenvalue weighted by Crippen LogP contribution is -2.63. The summed E-state index contributed by atoms with van der Waals surface area (Å²) in [6.45, 7) is 4.65.